The molecule has 28 heavy (non-hydrogen) atoms. The summed E-state index contributed by atoms with van der Waals surface area (Å²) in [5.41, 5.74) is 17.1. The van der Waals surface area contributed by atoms with E-state index in [4.69, 9.17) is 11.5 Å². The molecule has 5 N–H and O–H groups in total. The first-order valence-corrected chi connectivity index (χ1v) is 9.69. The van der Waals surface area contributed by atoms with Gasteiger partial charge in [-0.2, -0.15) is 0 Å². The number of rotatable bonds is 3. The van der Waals surface area contributed by atoms with Gasteiger partial charge in [0, 0.05) is 29.4 Å². The van der Waals surface area contributed by atoms with Crippen molar-refractivity contribution in [3.63, 3.8) is 0 Å². The Balaban J connectivity index is 1.61. The molecule has 0 aliphatic heterocycles. The van der Waals surface area contributed by atoms with Gasteiger partial charge in [-0.05, 0) is 43.7 Å². The van der Waals surface area contributed by atoms with Gasteiger partial charge >= 0.3 is 0 Å². The van der Waals surface area contributed by atoms with Gasteiger partial charge in [0.15, 0.2) is 5.65 Å². The van der Waals surface area contributed by atoms with Crippen molar-refractivity contribution >= 4 is 33.7 Å². The second-order valence-corrected chi connectivity index (χ2v) is 7.52. The molecule has 0 radical (unpaired) electrons. The molecule has 0 saturated heterocycles. The van der Waals surface area contributed by atoms with Crippen LogP contribution in [0.5, 0.6) is 0 Å². The first-order valence-electron chi connectivity index (χ1n) is 9.69. The zero-order chi connectivity index (χ0) is 19.1. The Morgan fingerprint density at radius 3 is 2.75 bits per heavy atom. The molecular formula is C21H23N7. The highest BCUT2D eigenvalue weighted by Crippen LogP contribution is 2.41. The second kappa shape index (κ2) is 6.76. The van der Waals surface area contributed by atoms with Gasteiger partial charge in [0.2, 0.25) is 0 Å². The summed E-state index contributed by atoms with van der Waals surface area (Å²) in [5, 5.41) is 9.16. The molecule has 3 heterocycles. The fourth-order valence-electron chi connectivity index (χ4n) is 4.20. The summed E-state index contributed by atoms with van der Waals surface area (Å²) in [5.74, 6) is 0.868. The normalized spacial score (nSPS) is 19.9. The van der Waals surface area contributed by atoms with E-state index in [1.807, 2.05) is 30.6 Å². The standard InChI is InChI=1S/C21H23N7/c22-15-7-5-13(6-8-15)18-19(21-24-9-10-28(21)27-20(18)23)26-16-11-14-3-1-2-4-17(14)25-12-16/h1-4,9-13,15,26H,5-8,22H2,(H2,23,27)/t13-,15-. The number of hydrogen-bond acceptors (Lipinski definition) is 6. The van der Waals surface area contributed by atoms with Crippen LogP contribution in [0.2, 0.25) is 0 Å². The van der Waals surface area contributed by atoms with Gasteiger partial charge in [0.05, 0.1) is 23.1 Å². The van der Waals surface area contributed by atoms with Gasteiger partial charge in [0.25, 0.3) is 0 Å². The van der Waals surface area contributed by atoms with Crippen LogP contribution in [-0.2, 0) is 0 Å². The molecule has 1 fully saturated rings. The zero-order valence-electron chi connectivity index (χ0n) is 15.5. The number of anilines is 3. The number of para-hydroxylation sites is 1. The van der Waals surface area contributed by atoms with Crippen LogP contribution in [0, 0.1) is 0 Å². The van der Waals surface area contributed by atoms with Gasteiger partial charge in [-0.15, -0.1) is 5.10 Å². The number of imidazole rings is 1. The largest absolute Gasteiger partial charge is 0.382 e. The highest BCUT2D eigenvalue weighted by molar-refractivity contribution is 5.85. The van der Waals surface area contributed by atoms with E-state index in [1.165, 1.54) is 0 Å². The smallest absolute Gasteiger partial charge is 0.177 e. The molecule has 0 bridgehead atoms. The lowest BCUT2D eigenvalue weighted by Gasteiger charge is -2.28. The molecule has 0 spiro atoms. The average molecular weight is 373 g/mol. The van der Waals surface area contributed by atoms with E-state index >= 15 is 0 Å². The Morgan fingerprint density at radius 2 is 1.89 bits per heavy atom. The highest BCUT2D eigenvalue weighted by atomic mass is 15.3. The fraction of sp³-hybridized carbons (Fsp3) is 0.286. The number of aromatic nitrogens is 4. The average Bonchev–Trinajstić information content (AvgIpc) is 3.17. The van der Waals surface area contributed by atoms with Crippen LogP contribution in [0.4, 0.5) is 17.2 Å². The van der Waals surface area contributed by atoms with Gasteiger partial charge < -0.3 is 16.8 Å². The summed E-state index contributed by atoms with van der Waals surface area (Å²) >= 11 is 0. The number of pyridine rings is 1. The number of benzene rings is 1. The minimum Gasteiger partial charge on any atom is -0.382 e. The molecule has 1 saturated carbocycles. The van der Waals surface area contributed by atoms with Crippen LogP contribution >= 0.6 is 0 Å². The molecule has 0 amide bonds. The van der Waals surface area contributed by atoms with Crippen LogP contribution in [0.3, 0.4) is 0 Å². The third-order valence-electron chi connectivity index (χ3n) is 5.65. The number of hydrogen-bond donors (Lipinski definition) is 3. The van der Waals surface area contributed by atoms with E-state index in [9.17, 15) is 0 Å². The molecule has 142 valence electrons. The van der Waals surface area contributed by atoms with Crippen LogP contribution in [0.25, 0.3) is 16.6 Å². The van der Waals surface area contributed by atoms with Crippen molar-refractivity contribution in [2.45, 2.75) is 37.6 Å². The predicted octanol–water partition coefficient (Wildman–Crippen LogP) is 3.59. The molecule has 0 atom stereocenters. The summed E-state index contributed by atoms with van der Waals surface area (Å²) < 4.78 is 1.73. The van der Waals surface area contributed by atoms with E-state index in [-0.39, 0.29) is 6.04 Å². The minimum atomic E-state index is 0.279. The van der Waals surface area contributed by atoms with E-state index in [1.54, 1.807) is 10.7 Å². The first kappa shape index (κ1) is 16.9. The summed E-state index contributed by atoms with van der Waals surface area (Å²) in [6.07, 6.45) is 9.42. The second-order valence-electron chi connectivity index (χ2n) is 7.52. The quantitative estimate of drug-likeness (QED) is 0.507. The molecule has 0 unspecified atom stereocenters. The van der Waals surface area contributed by atoms with Crippen LogP contribution in [-0.4, -0.2) is 25.6 Å². The molecular weight excluding hydrogens is 350 g/mol. The van der Waals surface area contributed by atoms with Gasteiger partial charge in [-0.3, -0.25) is 4.98 Å². The fourth-order valence-corrected chi connectivity index (χ4v) is 4.20. The topological polar surface area (TPSA) is 107 Å². The van der Waals surface area contributed by atoms with Crippen molar-refractivity contribution in [1.29, 1.82) is 0 Å². The molecule has 5 rings (SSSR count). The lowest BCUT2D eigenvalue weighted by molar-refractivity contribution is 0.396. The van der Waals surface area contributed by atoms with Gasteiger partial charge in [-0.25, -0.2) is 9.50 Å². The minimum absolute atomic E-state index is 0.279. The van der Waals surface area contributed by atoms with Crippen LogP contribution in [0.15, 0.2) is 48.9 Å². The Hall–Kier alpha value is -3.19. The number of fused-ring (bicyclic) bond motifs is 2. The number of nitrogens with two attached hydrogens (primary N) is 2. The summed E-state index contributed by atoms with van der Waals surface area (Å²) in [4.78, 5) is 9.09. The maximum absolute atomic E-state index is 6.41. The summed E-state index contributed by atoms with van der Waals surface area (Å²) in [7, 11) is 0. The number of nitrogen functional groups attached to an aromatic ring is 1. The van der Waals surface area contributed by atoms with Crippen molar-refractivity contribution in [2.24, 2.45) is 5.73 Å². The van der Waals surface area contributed by atoms with E-state index in [0.29, 0.717) is 11.7 Å². The van der Waals surface area contributed by atoms with Crippen molar-refractivity contribution in [1.82, 2.24) is 19.6 Å². The van der Waals surface area contributed by atoms with Crippen LogP contribution < -0.4 is 16.8 Å². The zero-order valence-corrected chi connectivity index (χ0v) is 15.5. The maximum Gasteiger partial charge on any atom is 0.177 e. The SMILES string of the molecule is Nc1nn2ccnc2c(Nc2cnc3ccccc3c2)c1[C@H]1CC[C@H](N)CC1. The summed E-state index contributed by atoms with van der Waals surface area (Å²) in [6.45, 7) is 0. The first-order chi connectivity index (χ1) is 13.7. The maximum atomic E-state index is 6.41. The lowest BCUT2D eigenvalue weighted by Crippen LogP contribution is -2.26. The van der Waals surface area contributed by atoms with E-state index in [0.717, 1.165) is 59.2 Å². The molecule has 7 heteroatoms. The molecule has 1 aromatic carbocycles. The third-order valence-corrected chi connectivity index (χ3v) is 5.65. The molecule has 1 aliphatic rings. The monoisotopic (exact) mass is 373 g/mol. The van der Waals surface area contributed by atoms with Crippen LogP contribution in [0.1, 0.15) is 37.2 Å². The lowest BCUT2D eigenvalue weighted by atomic mass is 9.81. The van der Waals surface area contributed by atoms with Crippen molar-refractivity contribution < 1.29 is 0 Å². The van der Waals surface area contributed by atoms with E-state index < -0.39 is 0 Å². The van der Waals surface area contributed by atoms with Crippen molar-refractivity contribution in [3.8, 4) is 0 Å². The Bertz CT molecular complexity index is 1140. The van der Waals surface area contributed by atoms with Crippen molar-refractivity contribution in [3.05, 3.63) is 54.5 Å². The Kier molecular flexibility index (Phi) is 4.09. The van der Waals surface area contributed by atoms with Crippen molar-refractivity contribution in [2.75, 3.05) is 11.1 Å². The molecule has 7 nitrogen and oxygen atoms in total. The molecule has 4 aromatic rings. The number of nitrogens with one attached hydrogen (secondary N) is 1. The third kappa shape index (κ3) is 2.93. The Labute approximate surface area is 162 Å². The molecule has 3 aromatic heterocycles. The Morgan fingerprint density at radius 1 is 1.07 bits per heavy atom. The number of nitrogens with zero attached hydrogens (tertiary/aromatic N) is 4. The summed E-state index contributed by atoms with van der Waals surface area (Å²) in [6, 6.07) is 10.4. The predicted molar refractivity (Wildman–Crippen MR) is 112 cm³/mol. The van der Waals surface area contributed by atoms with Gasteiger partial charge in [0.1, 0.15) is 5.82 Å². The highest BCUT2D eigenvalue weighted by Gasteiger charge is 2.27. The van der Waals surface area contributed by atoms with E-state index in [2.05, 4.69) is 32.5 Å². The molecule has 1 aliphatic carbocycles. The van der Waals surface area contributed by atoms with Gasteiger partial charge in [-0.1, -0.05) is 18.2 Å².